The summed E-state index contributed by atoms with van der Waals surface area (Å²) in [6.07, 6.45) is 3.24. The molecule has 0 fully saturated rings. The van der Waals surface area contributed by atoms with Crippen molar-refractivity contribution in [2.24, 2.45) is 0 Å². The van der Waals surface area contributed by atoms with Crippen molar-refractivity contribution < 1.29 is 19.1 Å². The van der Waals surface area contributed by atoms with E-state index in [2.05, 4.69) is 10.6 Å². The molecule has 1 rings (SSSR count). The molecule has 2 amide bonds. The Hall–Kier alpha value is -1.82. The number of urea groups is 1. The quantitative estimate of drug-likeness (QED) is 0.641. The van der Waals surface area contributed by atoms with Gasteiger partial charge in [0.1, 0.15) is 5.82 Å². The molecular weight excluding hydrogens is 299 g/mol. The molecule has 0 aliphatic heterocycles. The summed E-state index contributed by atoms with van der Waals surface area (Å²) in [6.45, 7) is 0.474. The first-order valence-corrected chi connectivity index (χ1v) is 7.08. The summed E-state index contributed by atoms with van der Waals surface area (Å²) >= 11 is 5.68. The summed E-state index contributed by atoms with van der Waals surface area (Å²) in [7, 11) is 0. The smallest absolute Gasteiger partial charge is 0.319 e. The molecule has 1 aromatic rings. The summed E-state index contributed by atoms with van der Waals surface area (Å²) in [6, 6.07) is 3.36. The summed E-state index contributed by atoms with van der Waals surface area (Å²) < 4.78 is 13.1. The summed E-state index contributed by atoms with van der Waals surface area (Å²) in [5.41, 5.74) is 0.291. The third kappa shape index (κ3) is 8.14. The second kappa shape index (κ2) is 9.18. The third-order valence-corrected chi connectivity index (χ3v) is 2.94. The van der Waals surface area contributed by atoms with Crippen LogP contribution in [0.3, 0.4) is 0 Å². The molecule has 0 heterocycles. The average molecular weight is 317 g/mol. The highest BCUT2D eigenvalue weighted by molar-refractivity contribution is 6.30. The van der Waals surface area contributed by atoms with Gasteiger partial charge in [-0.05, 0) is 31.0 Å². The summed E-state index contributed by atoms with van der Waals surface area (Å²) in [5.74, 6) is -1.31. The Balaban J connectivity index is 2.15. The van der Waals surface area contributed by atoms with Crippen LogP contribution in [-0.4, -0.2) is 23.7 Å². The van der Waals surface area contributed by atoms with Crippen molar-refractivity contribution in [3.63, 3.8) is 0 Å². The number of hydrogen-bond acceptors (Lipinski definition) is 2. The number of unbranched alkanes of at least 4 members (excludes halogenated alkanes) is 3. The number of halogens is 2. The molecule has 0 saturated heterocycles. The molecule has 7 heteroatoms. The Morgan fingerprint density at radius 3 is 2.52 bits per heavy atom. The number of carboxylic acid groups (broad SMARTS) is 1. The van der Waals surface area contributed by atoms with Gasteiger partial charge < -0.3 is 15.7 Å². The van der Waals surface area contributed by atoms with Gasteiger partial charge in [0.05, 0.1) is 0 Å². The van der Waals surface area contributed by atoms with Crippen LogP contribution in [0, 0.1) is 5.82 Å². The fourth-order valence-electron chi connectivity index (χ4n) is 1.76. The number of aliphatic carboxylic acids is 1. The van der Waals surface area contributed by atoms with E-state index in [1.54, 1.807) is 0 Å². The predicted octanol–water partition coefficient (Wildman–Crippen LogP) is 3.64. The summed E-state index contributed by atoms with van der Waals surface area (Å²) in [4.78, 5) is 21.8. The van der Waals surface area contributed by atoms with Crippen molar-refractivity contribution in [3.8, 4) is 0 Å². The highest BCUT2D eigenvalue weighted by Gasteiger charge is 2.04. The highest BCUT2D eigenvalue weighted by atomic mass is 35.5. The zero-order valence-electron chi connectivity index (χ0n) is 11.5. The monoisotopic (exact) mass is 316 g/mol. The van der Waals surface area contributed by atoms with Crippen LogP contribution < -0.4 is 10.6 Å². The minimum Gasteiger partial charge on any atom is -0.481 e. The molecule has 0 aliphatic carbocycles. The van der Waals surface area contributed by atoms with Gasteiger partial charge in [0.2, 0.25) is 0 Å². The van der Waals surface area contributed by atoms with Gasteiger partial charge in [0.25, 0.3) is 0 Å². The number of amides is 2. The van der Waals surface area contributed by atoms with Gasteiger partial charge >= 0.3 is 12.0 Å². The maximum atomic E-state index is 13.1. The average Bonchev–Trinajstić information content (AvgIpc) is 2.35. The Morgan fingerprint density at radius 2 is 1.86 bits per heavy atom. The number of carbonyl (C=O) groups is 2. The predicted molar refractivity (Wildman–Crippen MR) is 79.2 cm³/mol. The molecule has 0 saturated carbocycles. The first kappa shape index (κ1) is 17.2. The van der Waals surface area contributed by atoms with Crippen LogP contribution in [0.2, 0.25) is 5.02 Å². The lowest BCUT2D eigenvalue weighted by Gasteiger charge is -2.08. The van der Waals surface area contributed by atoms with E-state index in [1.165, 1.54) is 12.1 Å². The normalized spacial score (nSPS) is 10.2. The molecule has 116 valence electrons. The van der Waals surface area contributed by atoms with E-state index in [1.807, 2.05) is 0 Å². The standard InChI is InChI=1S/C14H18ClFN2O3/c15-10-7-11(16)9-12(8-10)18-14(21)17-6-4-2-1-3-5-13(19)20/h7-9H,1-6H2,(H,19,20)(H2,17,18,21). The first-order valence-electron chi connectivity index (χ1n) is 6.70. The third-order valence-electron chi connectivity index (χ3n) is 2.72. The minimum absolute atomic E-state index is 0.175. The van der Waals surface area contributed by atoms with Crippen molar-refractivity contribution in [1.29, 1.82) is 0 Å². The zero-order valence-corrected chi connectivity index (χ0v) is 12.3. The SMILES string of the molecule is O=C(O)CCCCCCNC(=O)Nc1cc(F)cc(Cl)c1. The maximum absolute atomic E-state index is 13.1. The Labute approximate surface area is 127 Å². The van der Waals surface area contributed by atoms with Crippen LogP contribution in [0.4, 0.5) is 14.9 Å². The molecule has 1 aromatic carbocycles. The van der Waals surface area contributed by atoms with Crippen molar-refractivity contribution in [3.05, 3.63) is 29.0 Å². The van der Waals surface area contributed by atoms with E-state index in [0.29, 0.717) is 18.7 Å². The number of carbonyl (C=O) groups excluding carboxylic acids is 1. The van der Waals surface area contributed by atoms with E-state index in [-0.39, 0.29) is 11.4 Å². The molecule has 0 atom stereocenters. The lowest BCUT2D eigenvalue weighted by atomic mass is 10.1. The second-order valence-electron chi connectivity index (χ2n) is 4.60. The Bertz CT molecular complexity index is 477. The van der Waals surface area contributed by atoms with E-state index in [4.69, 9.17) is 16.7 Å². The van der Waals surface area contributed by atoms with Crippen LogP contribution in [0.1, 0.15) is 32.1 Å². The largest absolute Gasteiger partial charge is 0.481 e. The molecule has 0 aromatic heterocycles. The lowest BCUT2D eigenvalue weighted by molar-refractivity contribution is -0.137. The Morgan fingerprint density at radius 1 is 1.14 bits per heavy atom. The van der Waals surface area contributed by atoms with Crippen molar-refractivity contribution in [2.45, 2.75) is 32.1 Å². The van der Waals surface area contributed by atoms with Crippen LogP contribution in [-0.2, 0) is 4.79 Å². The lowest BCUT2D eigenvalue weighted by Crippen LogP contribution is -2.29. The molecule has 5 nitrogen and oxygen atoms in total. The highest BCUT2D eigenvalue weighted by Crippen LogP contribution is 2.17. The van der Waals surface area contributed by atoms with Gasteiger partial charge in [-0.3, -0.25) is 4.79 Å². The molecule has 0 bridgehead atoms. The van der Waals surface area contributed by atoms with Gasteiger partial charge in [-0.25, -0.2) is 9.18 Å². The Kier molecular flexibility index (Phi) is 7.53. The van der Waals surface area contributed by atoms with Gasteiger partial charge in [-0.2, -0.15) is 0 Å². The molecular formula is C14H18ClFN2O3. The van der Waals surface area contributed by atoms with Gasteiger partial charge in [-0.1, -0.05) is 24.4 Å². The van der Waals surface area contributed by atoms with Crippen LogP contribution in [0.5, 0.6) is 0 Å². The van der Waals surface area contributed by atoms with E-state index >= 15 is 0 Å². The molecule has 0 unspecified atom stereocenters. The molecule has 3 N–H and O–H groups in total. The number of benzene rings is 1. The van der Waals surface area contributed by atoms with Crippen LogP contribution in [0.15, 0.2) is 18.2 Å². The van der Waals surface area contributed by atoms with E-state index in [0.717, 1.165) is 25.3 Å². The molecule has 0 spiro atoms. The van der Waals surface area contributed by atoms with E-state index < -0.39 is 17.8 Å². The van der Waals surface area contributed by atoms with Crippen molar-refractivity contribution in [2.75, 3.05) is 11.9 Å². The summed E-state index contributed by atoms with van der Waals surface area (Å²) in [5, 5.41) is 13.8. The zero-order chi connectivity index (χ0) is 15.7. The van der Waals surface area contributed by atoms with Gasteiger partial charge in [-0.15, -0.1) is 0 Å². The topological polar surface area (TPSA) is 78.4 Å². The fraction of sp³-hybridized carbons (Fsp3) is 0.429. The fourth-order valence-corrected chi connectivity index (χ4v) is 1.98. The van der Waals surface area contributed by atoms with Gasteiger partial charge in [0.15, 0.2) is 0 Å². The van der Waals surface area contributed by atoms with Crippen LogP contribution >= 0.6 is 11.6 Å². The first-order chi connectivity index (χ1) is 9.97. The number of hydrogen-bond donors (Lipinski definition) is 3. The van der Waals surface area contributed by atoms with E-state index in [9.17, 15) is 14.0 Å². The maximum Gasteiger partial charge on any atom is 0.319 e. The number of carboxylic acids is 1. The molecule has 0 radical (unpaired) electrons. The van der Waals surface area contributed by atoms with Crippen molar-refractivity contribution >= 4 is 29.3 Å². The van der Waals surface area contributed by atoms with Crippen LogP contribution in [0.25, 0.3) is 0 Å². The number of rotatable bonds is 8. The van der Waals surface area contributed by atoms with Gasteiger partial charge in [0, 0.05) is 23.7 Å². The number of anilines is 1. The second-order valence-corrected chi connectivity index (χ2v) is 5.03. The number of nitrogens with one attached hydrogen (secondary N) is 2. The molecule has 21 heavy (non-hydrogen) atoms. The minimum atomic E-state index is -0.791. The molecule has 0 aliphatic rings. The van der Waals surface area contributed by atoms with Crippen molar-refractivity contribution in [1.82, 2.24) is 5.32 Å².